The zero-order valence-corrected chi connectivity index (χ0v) is 19.1. The van der Waals surface area contributed by atoms with Gasteiger partial charge in [0.15, 0.2) is 23.0 Å². The molecule has 0 amide bonds. The van der Waals surface area contributed by atoms with Crippen LogP contribution in [-0.4, -0.2) is 37.3 Å². The monoisotopic (exact) mass is 440 g/mol. The molecule has 5 nitrogen and oxygen atoms in total. The third kappa shape index (κ3) is 4.85. The molecule has 0 aliphatic rings. The highest BCUT2D eigenvalue weighted by Gasteiger charge is 2.22. The Kier molecular flexibility index (Phi) is 7.58. The summed E-state index contributed by atoms with van der Waals surface area (Å²) in [5.41, 5.74) is 2.66. The number of unbranched alkanes of at least 4 members (excludes halogenated alkanes) is 1. The summed E-state index contributed by atoms with van der Waals surface area (Å²) in [7, 11) is 3.07. The minimum Gasteiger partial charge on any atom is -0.504 e. The lowest BCUT2D eigenvalue weighted by Gasteiger charge is -2.18. The third-order valence-corrected chi connectivity index (χ3v) is 5.79. The second-order valence-corrected chi connectivity index (χ2v) is 7.88. The molecule has 0 saturated carbocycles. The van der Waals surface area contributed by atoms with Crippen molar-refractivity contribution in [2.75, 3.05) is 27.1 Å². The zero-order valence-electron chi connectivity index (χ0n) is 18.3. The highest BCUT2D eigenvalue weighted by Crippen LogP contribution is 2.50. The van der Waals surface area contributed by atoms with Gasteiger partial charge in [-0.15, -0.1) is 11.8 Å². The zero-order chi connectivity index (χ0) is 22.4. The number of phenols is 2. The fourth-order valence-corrected chi connectivity index (χ4v) is 3.79. The van der Waals surface area contributed by atoms with E-state index in [0.717, 1.165) is 28.9 Å². The van der Waals surface area contributed by atoms with Gasteiger partial charge >= 0.3 is 0 Å². The summed E-state index contributed by atoms with van der Waals surface area (Å²) in [4.78, 5) is 1.15. The number of aromatic hydroxyl groups is 2. The summed E-state index contributed by atoms with van der Waals surface area (Å²) in [6.07, 6.45) is 3.94. The Hall–Kier alpha value is -2.99. The number of hydrogen-bond donors (Lipinski definition) is 2. The third-order valence-electron chi connectivity index (χ3n) is 5.05. The average molecular weight is 441 g/mol. The topological polar surface area (TPSA) is 68.2 Å². The molecule has 0 aromatic heterocycles. The molecule has 3 rings (SSSR count). The van der Waals surface area contributed by atoms with Crippen LogP contribution in [0.2, 0.25) is 0 Å². The number of hydrogen-bond acceptors (Lipinski definition) is 6. The Morgan fingerprint density at radius 2 is 1.58 bits per heavy atom. The van der Waals surface area contributed by atoms with Crippen molar-refractivity contribution in [1.29, 1.82) is 0 Å². The Morgan fingerprint density at radius 1 is 0.871 bits per heavy atom. The van der Waals surface area contributed by atoms with Crippen molar-refractivity contribution >= 4 is 11.8 Å². The molecule has 3 aromatic rings. The van der Waals surface area contributed by atoms with Crippen LogP contribution in [0.3, 0.4) is 0 Å². The smallest absolute Gasteiger partial charge is 0.170 e. The highest BCUT2D eigenvalue weighted by atomic mass is 32.2. The fourth-order valence-electron chi connectivity index (χ4n) is 3.38. The molecule has 0 unspecified atom stereocenters. The quantitative estimate of drug-likeness (QED) is 0.298. The number of benzene rings is 3. The lowest BCUT2D eigenvalue weighted by atomic mass is 9.96. The first kappa shape index (κ1) is 22.7. The standard InChI is InChI=1S/C25H28O5S/c1-5-6-13-30-21-12-9-17(14-20(21)26)23-22(28-2)15-19(25(29-3)24(23)27)16-7-10-18(31-4)11-8-16/h7-12,14-15,26-27H,5-6,13H2,1-4H3. The van der Waals surface area contributed by atoms with Crippen molar-refractivity contribution in [2.45, 2.75) is 24.7 Å². The molecular weight excluding hydrogens is 412 g/mol. The van der Waals surface area contributed by atoms with E-state index in [-0.39, 0.29) is 11.5 Å². The summed E-state index contributed by atoms with van der Waals surface area (Å²) in [5, 5.41) is 21.5. The summed E-state index contributed by atoms with van der Waals surface area (Å²) in [6, 6.07) is 14.9. The maximum atomic E-state index is 11.1. The molecule has 0 aliphatic carbocycles. The summed E-state index contributed by atoms with van der Waals surface area (Å²) in [5.74, 6) is 1.18. The lowest BCUT2D eigenvalue weighted by Crippen LogP contribution is -1.98. The maximum Gasteiger partial charge on any atom is 0.170 e. The van der Waals surface area contributed by atoms with Crippen molar-refractivity contribution in [3.05, 3.63) is 48.5 Å². The van der Waals surface area contributed by atoms with E-state index < -0.39 is 0 Å². The van der Waals surface area contributed by atoms with Crippen molar-refractivity contribution in [2.24, 2.45) is 0 Å². The first-order valence-corrected chi connectivity index (χ1v) is 11.3. The molecule has 0 heterocycles. The van der Waals surface area contributed by atoms with Gasteiger partial charge in [-0.05, 0) is 54.1 Å². The molecule has 0 spiro atoms. The van der Waals surface area contributed by atoms with E-state index in [4.69, 9.17) is 14.2 Å². The molecule has 0 atom stereocenters. The van der Waals surface area contributed by atoms with E-state index in [1.54, 1.807) is 37.1 Å². The Balaban J connectivity index is 2.08. The average Bonchev–Trinajstić information content (AvgIpc) is 2.79. The van der Waals surface area contributed by atoms with Gasteiger partial charge in [0.1, 0.15) is 5.75 Å². The van der Waals surface area contributed by atoms with Gasteiger partial charge in [-0.25, -0.2) is 0 Å². The number of ether oxygens (including phenoxy) is 3. The van der Waals surface area contributed by atoms with Crippen molar-refractivity contribution in [1.82, 2.24) is 0 Å². The highest BCUT2D eigenvalue weighted by molar-refractivity contribution is 7.98. The molecule has 0 saturated heterocycles. The van der Waals surface area contributed by atoms with Crippen molar-refractivity contribution in [3.63, 3.8) is 0 Å². The maximum absolute atomic E-state index is 11.1. The number of rotatable bonds is 9. The minimum atomic E-state index is -0.0511. The molecule has 164 valence electrons. The Bertz CT molecular complexity index is 1030. The normalized spacial score (nSPS) is 10.7. The van der Waals surface area contributed by atoms with Crippen LogP contribution in [0.1, 0.15) is 19.8 Å². The van der Waals surface area contributed by atoms with Gasteiger partial charge < -0.3 is 24.4 Å². The number of methoxy groups -OCH3 is 2. The largest absolute Gasteiger partial charge is 0.504 e. The van der Waals surface area contributed by atoms with E-state index >= 15 is 0 Å². The molecule has 2 N–H and O–H groups in total. The van der Waals surface area contributed by atoms with Crippen molar-refractivity contribution in [3.8, 4) is 51.0 Å². The van der Waals surface area contributed by atoms with Crippen molar-refractivity contribution < 1.29 is 24.4 Å². The second kappa shape index (κ2) is 10.4. The second-order valence-electron chi connectivity index (χ2n) is 7.00. The van der Waals surface area contributed by atoms with Gasteiger partial charge in [0.2, 0.25) is 0 Å². The van der Waals surface area contributed by atoms with Crippen LogP contribution < -0.4 is 14.2 Å². The van der Waals surface area contributed by atoms with E-state index in [1.807, 2.05) is 36.6 Å². The van der Waals surface area contributed by atoms with E-state index in [2.05, 4.69) is 6.92 Å². The van der Waals surface area contributed by atoms with Crippen LogP contribution in [0.25, 0.3) is 22.3 Å². The van der Waals surface area contributed by atoms with Gasteiger partial charge in [0.25, 0.3) is 0 Å². The number of phenolic OH excluding ortho intramolecular Hbond substituents is 2. The predicted molar refractivity (Wildman–Crippen MR) is 126 cm³/mol. The molecule has 0 radical (unpaired) electrons. The Morgan fingerprint density at radius 3 is 2.16 bits per heavy atom. The fraction of sp³-hybridized carbons (Fsp3) is 0.280. The van der Waals surface area contributed by atoms with Crippen LogP contribution in [-0.2, 0) is 0 Å². The predicted octanol–water partition coefficient (Wildman–Crippen LogP) is 6.35. The summed E-state index contributed by atoms with van der Waals surface area (Å²) < 4.78 is 16.8. The van der Waals surface area contributed by atoms with E-state index in [0.29, 0.717) is 35.0 Å². The summed E-state index contributed by atoms with van der Waals surface area (Å²) in [6.45, 7) is 2.62. The first-order valence-electron chi connectivity index (χ1n) is 10.1. The van der Waals surface area contributed by atoms with Gasteiger partial charge in [-0.3, -0.25) is 0 Å². The van der Waals surface area contributed by atoms with Crippen LogP contribution in [0.15, 0.2) is 53.4 Å². The molecule has 0 bridgehead atoms. The van der Waals surface area contributed by atoms with Crippen LogP contribution in [0.5, 0.6) is 28.7 Å². The van der Waals surface area contributed by atoms with E-state index in [9.17, 15) is 10.2 Å². The van der Waals surface area contributed by atoms with Gasteiger partial charge in [-0.1, -0.05) is 31.5 Å². The number of thioether (sulfide) groups is 1. The molecule has 3 aromatic carbocycles. The van der Waals surface area contributed by atoms with Gasteiger partial charge in [-0.2, -0.15) is 0 Å². The van der Waals surface area contributed by atoms with Crippen LogP contribution in [0, 0.1) is 0 Å². The molecule has 6 heteroatoms. The molecule has 31 heavy (non-hydrogen) atoms. The Labute approximate surface area is 187 Å². The molecule has 0 aliphatic heterocycles. The molecular formula is C25H28O5S. The van der Waals surface area contributed by atoms with Gasteiger partial charge in [0, 0.05) is 10.5 Å². The first-order chi connectivity index (χ1) is 15.0. The van der Waals surface area contributed by atoms with Gasteiger partial charge in [0.05, 0.1) is 26.4 Å². The molecule has 0 fully saturated rings. The van der Waals surface area contributed by atoms with Crippen LogP contribution in [0.4, 0.5) is 0 Å². The summed E-state index contributed by atoms with van der Waals surface area (Å²) >= 11 is 1.66. The minimum absolute atomic E-state index is 0.00533. The lowest BCUT2D eigenvalue weighted by molar-refractivity contribution is 0.293. The SMILES string of the molecule is CCCCOc1ccc(-c2c(OC)cc(-c3ccc(SC)cc3)c(OC)c2O)cc1O. The van der Waals surface area contributed by atoms with E-state index in [1.165, 1.54) is 7.11 Å². The van der Waals surface area contributed by atoms with Crippen LogP contribution >= 0.6 is 11.8 Å².